The Bertz CT molecular complexity index is 555. The van der Waals surface area contributed by atoms with Crippen LogP contribution in [0.3, 0.4) is 0 Å². The summed E-state index contributed by atoms with van der Waals surface area (Å²) in [7, 11) is 0. The minimum absolute atomic E-state index is 0.635. The lowest BCUT2D eigenvalue weighted by Crippen LogP contribution is -1.90. The zero-order valence-electron chi connectivity index (χ0n) is 7.16. The molecule has 68 valence electrons. The molecule has 0 saturated carbocycles. The van der Waals surface area contributed by atoms with Gasteiger partial charge in [0.2, 0.25) is 0 Å². The van der Waals surface area contributed by atoms with Gasteiger partial charge in [-0.1, -0.05) is 6.07 Å². The summed E-state index contributed by atoms with van der Waals surface area (Å²) in [5.41, 5.74) is 1.08. The van der Waals surface area contributed by atoms with E-state index in [9.17, 15) is 0 Å². The molecule has 0 bridgehead atoms. The van der Waals surface area contributed by atoms with Gasteiger partial charge in [-0.15, -0.1) is 21.5 Å². The van der Waals surface area contributed by atoms with Crippen LogP contribution in [-0.4, -0.2) is 19.6 Å². The van der Waals surface area contributed by atoms with E-state index in [1.807, 2.05) is 21.9 Å². The molecule has 3 heterocycles. The summed E-state index contributed by atoms with van der Waals surface area (Å²) in [5.74, 6) is 0.635. The second kappa shape index (κ2) is 2.88. The average molecular weight is 202 g/mol. The molecule has 0 atom stereocenters. The molecule has 0 amide bonds. The van der Waals surface area contributed by atoms with E-state index in [2.05, 4.69) is 21.2 Å². The highest BCUT2D eigenvalue weighted by Gasteiger charge is 2.04. The van der Waals surface area contributed by atoms with Crippen molar-refractivity contribution in [1.29, 1.82) is 0 Å². The molecule has 0 saturated heterocycles. The Morgan fingerprint density at radius 1 is 1.29 bits per heavy atom. The molecular weight excluding hydrogens is 196 g/mol. The third-order valence-corrected chi connectivity index (χ3v) is 2.88. The van der Waals surface area contributed by atoms with E-state index in [1.165, 1.54) is 4.88 Å². The predicted octanol–water partition coefficient (Wildman–Crippen LogP) is 1.85. The zero-order valence-corrected chi connectivity index (χ0v) is 7.98. The monoisotopic (exact) mass is 202 g/mol. The number of aromatic nitrogens is 4. The van der Waals surface area contributed by atoms with E-state index in [4.69, 9.17) is 0 Å². The fourth-order valence-electron chi connectivity index (χ4n) is 1.37. The van der Waals surface area contributed by atoms with Crippen LogP contribution in [0.15, 0.2) is 36.1 Å². The van der Waals surface area contributed by atoms with Gasteiger partial charge in [-0.25, -0.2) is 4.98 Å². The molecule has 0 spiro atoms. The van der Waals surface area contributed by atoms with E-state index in [0.717, 1.165) is 5.69 Å². The lowest BCUT2D eigenvalue weighted by atomic mass is 10.3. The standard InChI is InChI=1S/C9H6N4S/c1-2-8(14-5-1)7-3-4-10-9-12-11-6-13(7)9/h1-6H. The quantitative estimate of drug-likeness (QED) is 0.604. The summed E-state index contributed by atoms with van der Waals surface area (Å²) in [4.78, 5) is 5.30. The van der Waals surface area contributed by atoms with Gasteiger partial charge in [0.1, 0.15) is 6.33 Å². The third kappa shape index (κ3) is 1.03. The Kier molecular flexibility index (Phi) is 1.57. The van der Waals surface area contributed by atoms with Gasteiger partial charge in [-0.05, 0) is 17.5 Å². The van der Waals surface area contributed by atoms with Crippen molar-refractivity contribution in [1.82, 2.24) is 19.6 Å². The highest BCUT2D eigenvalue weighted by atomic mass is 32.1. The molecule has 0 aromatic carbocycles. The first-order valence-corrected chi connectivity index (χ1v) is 5.02. The van der Waals surface area contributed by atoms with Crippen LogP contribution >= 0.6 is 11.3 Å². The molecule has 0 unspecified atom stereocenters. The first kappa shape index (κ1) is 7.64. The number of fused-ring (bicyclic) bond motifs is 1. The molecule has 0 aliphatic heterocycles. The highest BCUT2D eigenvalue weighted by Crippen LogP contribution is 2.23. The Morgan fingerprint density at radius 3 is 3.14 bits per heavy atom. The molecule has 3 aromatic heterocycles. The van der Waals surface area contributed by atoms with Gasteiger partial charge in [0.15, 0.2) is 0 Å². The zero-order chi connectivity index (χ0) is 9.38. The van der Waals surface area contributed by atoms with Gasteiger partial charge in [0.05, 0.1) is 10.6 Å². The van der Waals surface area contributed by atoms with Crippen molar-refractivity contribution in [3.8, 4) is 10.6 Å². The van der Waals surface area contributed by atoms with Crippen molar-refractivity contribution in [2.75, 3.05) is 0 Å². The van der Waals surface area contributed by atoms with Gasteiger partial charge in [0, 0.05) is 6.20 Å². The lowest BCUT2D eigenvalue weighted by molar-refractivity contribution is 1.10. The van der Waals surface area contributed by atoms with E-state index in [-0.39, 0.29) is 0 Å². The van der Waals surface area contributed by atoms with Crippen molar-refractivity contribution in [2.24, 2.45) is 0 Å². The fraction of sp³-hybridized carbons (Fsp3) is 0. The Hall–Kier alpha value is -1.75. The van der Waals surface area contributed by atoms with Gasteiger partial charge in [-0.3, -0.25) is 4.40 Å². The molecule has 0 fully saturated rings. The van der Waals surface area contributed by atoms with Crippen LogP contribution in [-0.2, 0) is 0 Å². The molecule has 14 heavy (non-hydrogen) atoms. The first-order chi connectivity index (χ1) is 6.95. The minimum atomic E-state index is 0.635. The summed E-state index contributed by atoms with van der Waals surface area (Å²) in [5, 5.41) is 9.77. The van der Waals surface area contributed by atoms with E-state index in [0.29, 0.717) is 5.78 Å². The van der Waals surface area contributed by atoms with Crippen LogP contribution in [0.5, 0.6) is 0 Å². The predicted molar refractivity (Wildman–Crippen MR) is 54.1 cm³/mol. The van der Waals surface area contributed by atoms with Gasteiger partial charge in [0.25, 0.3) is 5.78 Å². The Morgan fingerprint density at radius 2 is 2.29 bits per heavy atom. The number of nitrogens with zero attached hydrogens (tertiary/aromatic N) is 4. The largest absolute Gasteiger partial charge is 0.265 e. The van der Waals surface area contributed by atoms with E-state index >= 15 is 0 Å². The molecule has 4 nitrogen and oxygen atoms in total. The van der Waals surface area contributed by atoms with Crippen LogP contribution in [0.2, 0.25) is 0 Å². The molecule has 0 radical (unpaired) electrons. The van der Waals surface area contributed by atoms with Gasteiger partial charge < -0.3 is 0 Å². The van der Waals surface area contributed by atoms with Crippen molar-refractivity contribution in [3.63, 3.8) is 0 Å². The van der Waals surface area contributed by atoms with Crippen molar-refractivity contribution >= 4 is 17.1 Å². The summed E-state index contributed by atoms with van der Waals surface area (Å²) in [6.45, 7) is 0. The van der Waals surface area contributed by atoms with Crippen molar-refractivity contribution in [3.05, 3.63) is 36.1 Å². The van der Waals surface area contributed by atoms with Crippen LogP contribution in [0.4, 0.5) is 0 Å². The number of rotatable bonds is 1. The third-order valence-electron chi connectivity index (χ3n) is 1.99. The Balaban J connectivity index is 2.36. The maximum Gasteiger partial charge on any atom is 0.255 e. The fourth-order valence-corrected chi connectivity index (χ4v) is 2.11. The molecule has 5 heteroatoms. The second-order valence-corrected chi connectivity index (χ2v) is 3.76. The number of hydrogen-bond acceptors (Lipinski definition) is 4. The molecule has 0 aliphatic rings. The minimum Gasteiger partial charge on any atom is -0.265 e. The summed E-state index contributed by atoms with van der Waals surface area (Å²) in [6.07, 6.45) is 3.43. The Labute approximate surface area is 83.9 Å². The molecule has 3 rings (SSSR count). The highest BCUT2D eigenvalue weighted by molar-refractivity contribution is 7.13. The van der Waals surface area contributed by atoms with Crippen molar-refractivity contribution in [2.45, 2.75) is 0 Å². The van der Waals surface area contributed by atoms with Crippen LogP contribution in [0.1, 0.15) is 0 Å². The van der Waals surface area contributed by atoms with Crippen LogP contribution in [0.25, 0.3) is 16.3 Å². The van der Waals surface area contributed by atoms with E-state index in [1.54, 1.807) is 23.9 Å². The molecule has 0 N–H and O–H groups in total. The van der Waals surface area contributed by atoms with Gasteiger partial charge >= 0.3 is 0 Å². The molecule has 0 aliphatic carbocycles. The normalized spacial score (nSPS) is 10.9. The van der Waals surface area contributed by atoms with Crippen molar-refractivity contribution < 1.29 is 0 Å². The smallest absolute Gasteiger partial charge is 0.255 e. The maximum atomic E-state index is 4.11. The van der Waals surface area contributed by atoms with Crippen LogP contribution < -0.4 is 0 Å². The summed E-state index contributed by atoms with van der Waals surface area (Å²) < 4.78 is 1.88. The summed E-state index contributed by atoms with van der Waals surface area (Å²) in [6, 6.07) is 6.05. The average Bonchev–Trinajstić information content (AvgIpc) is 2.88. The summed E-state index contributed by atoms with van der Waals surface area (Å²) >= 11 is 1.69. The lowest BCUT2D eigenvalue weighted by Gasteiger charge is -1.99. The number of thiophene rings is 1. The van der Waals surface area contributed by atoms with E-state index < -0.39 is 0 Å². The maximum absolute atomic E-state index is 4.11. The number of hydrogen-bond donors (Lipinski definition) is 0. The van der Waals surface area contributed by atoms with Gasteiger partial charge in [-0.2, -0.15) is 0 Å². The van der Waals surface area contributed by atoms with Crippen LogP contribution in [0, 0.1) is 0 Å². The topological polar surface area (TPSA) is 43.1 Å². The SMILES string of the molecule is c1csc(-c2ccnc3nncn23)c1. The molecule has 3 aromatic rings. The molecular formula is C9H6N4S. The first-order valence-electron chi connectivity index (χ1n) is 4.14. The second-order valence-electron chi connectivity index (χ2n) is 2.81.